The van der Waals surface area contributed by atoms with Crippen LogP contribution in [0.1, 0.15) is 24.4 Å². The third-order valence-corrected chi connectivity index (χ3v) is 4.13. The van der Waals surface area contributed by atoms with Gasteiger partial charge in [0.2, 0.25) is 0 Å². The first kappa shape index (κ1) is 21.8. The summed E-state index contributed by atoms with van der Waals surface area (Å²) in [5.74, 6) is 0.415. The van der Waals surface area contributed by atoms with Crippen LogP contribution in [0.25, 0.3) is 5.95 Å². The number of alkyl halides is 3. The highest BCUT2D eigenvalue weighted by molar-refractivity contribution is 5.91. The molecule has 0 bridgehead atoms. The molecule has 0 saturated heterocycles. The molecule has 13 heteroatoms. The molecule has 10 nitrogen and oxygen atoms in total. The van der Waals surface area contributed by atoms with E-state index in [-0.39, 0.29) is 23.3 Å². The van der Waals surface area contributed by atoms with Crippen molar-refractivity contribution in [1.82, 2.24) is 30.0 Å². The van der Waals surface area contributed by atoms with E-state index >= 15 is 0 Å². The van der Waals surface area contributed by atoms with Crippen LogP contribution in [0.2, 0.25) is 0 Å². The van der Waals surface area contributed by atoms with Crippen LogP contribution >= 0.6 is 0 Å². The highest BCUT2D eigenvalue weighted by Gasteiger charge is 2.35. The third-order valence-electron chi connectivity index (χ3n) is 4.13. The van der Waals surface area contributed by atoms with Crippen molar-refractivity contribution in [3.05, 3.63) is 48.3 Å². The highest BCUT2D eigenvalue weighted by atomic mass is 19.4. The second kappa shape index (κ2) is 8.85. The predicted molar refractivity (Wildman–Crippen MR) is 102 cm³/mol. The lowest BCUT2D eigenvalue weighted by atomic mass is 10.1. The van der Waals surface area contributed by atoms with Crippen LogP contribution in [0.4, 0.5) is 23.7 Å². The SMILES string of the molecule is COc1cc(NC(=O)NC(C)c2ncnn2-c2ncccn2)c(C(F)(F)F)cc1OC. The molecule has 0 aliphatic rings. The number of methoxy groups -OCH3 is 2. The molecule has 31 heavy (non-hydrogen) atoms. The Morgan fingerprint density at radius 2 is 1.74 bits per heavy atom. The van der Waals surface area contributed by atoms with Crippen LogP contribution in [0.3, 0.4) is 0 Å². The smallest absolute Gasteiger partial charge is 0.418 e. The van der Waals surface area contributed by atoms with Gasteiger partial charge in [0, 0.05) is 18.5 Å². The van der Waals surface area contributed by atoms with E-state index in [1.807, 2.05) is 0 Å². The largest absolute Gasteiger partial charge is 0.493 e. The monoisotopic (exact) mass is 437 g/mol. The lowest BCUT2D eigenvalue weighted by Gasteiger charge is -2.19. The molecule has 1 aromatic carbocycles. The standard InChI is InChI=1S/C18H18F3N7O3/c1-10(15-24-9-25-28(15)16-22-5-4-6-23-16)26-17(29)27-12-8-14(31-3)13(30-2)7-11(12)18(19,20)21/h4-10H,1-3H3,(H2,26,27,29). The fourth-order valence-electron chi connectivity index (χ4n) is 2.74. The molecule has 1 unspecified atom stereocenters. The minimum absolute atomic E-state index is 0.0276. The predicted octanol–water partition coefficient (Wildman–Crippen LogP) is 2.98. The number of amides is 2. The maximum atomic E-state index is 13.5. The molecule has 0 radical (unpaired) electrons. The van der Waals surface area contributed by atoms with Gasteiger partial charge >= 0.3 is 12.2 Å². The molecule has 1 atom stereocenters. The second-order valence-electron chi connectivity index (χ2n) is 6.15. The summed E-state index contributed by atoms with van der Waals surface area (Å²) in [5, 5.41) is 8.73. The van der Waals surface area contributed by atoms with Crippen molar-refractivity contribution in [3.8, 4) is 17.4 Å². The Morgan fingerprint density at radius 3 is 2.35 bits per heavy atom. The first-order valence-corrected chi connectivity index (χ1v) is 8.82. The Bertz CT molecular complexity index is 1060. The van der Waals surface area contributed by atoms with E-state index in [0.29, 0.717) is 0 Å². The highest BCUT2D eigenvalue weighted by Crippen LogP contribution is 2.41. The lowest BCUT2D eigenvalue weighted by molar-refractivity contribution is -0.137. The molecule has 0 aliphatic carbocycles. The van der Waals surface area contributed by atoms with Crippen LogP contribution < -0.4 is 20.1 Å². The zero-order valence-corrected chi connectivity index (χ0v) is 16.6. The molecule has 2 aromatic heterocycles. The summed E-state index contributed by atoms with van der Waals surface area (Å²) in [4.78, 5) is 24.6. The van der Waals surface area contributed by atoms with Gasteiger partial charge in [-0.25, -0.2) is 19.7 Å². The molecular weight excluding hydrogens is 419 g/mol. The molecule has 3 rings (SSSR count). The van der Waals surface area contributed by atoms with Crippen molar-refractivity contribution in [2.24, 2.45) is 0 Å². The van der Waals surface area contributed by atoms with Gasteiger partial charge in [-0.15, -0.1) is 0 Å². The maximum Gasteiger partial charge on any atom is 0.418 e. The topological polar surface area (TPSA) is 116 Å². The fraction of sp³-hybridized carbons (Fsp3) is 0.278. The summed E-state index contributed by atoms with van der Waals surface area (Å²) in [6.45, 7) is 1.59. The molecule has 164 valence electrons. The van der Waals surface area contributed by atoms with E-state index in [1.54, 1.807) is 13.0 Å². The van der Waals surface area contributed by atoms with Crippen molar-refractivity contribution in [2.45, 2.75) is 19.1 Å². The van der Waals surface area contributed by atoms with Gasteiger partial charge in [-0.2, -0.15) is 23.0 Å². The van der Waals surface area contributed by atoms with Crippen LogP contribution in [-0.2, 0) is 6.18 Å². The number of aromatic nitrogens is 5. The normalized spacial score (nSPS) is 12.2. The maximum absolute atomic E-state index is 13.5. The summed E-state index contributed by atoms with van der Waals surface area (Å²) in [6.07, 6.45) is -0.473. The van der Waals surface area contributed by atoms with Gasteiger partial charge in [0.25, 0.3) is 5.95 Å². The number of benzene rings is 1. The quantitative estimate of drug-likeness (QED) is 0.609. The van der Waals surface area contributed by atoms with Crippen molar-refractivity contribution < 1.29 is 27.4 Å². The lowest BCUT2D eigenvalue weighted by Crippen LogP contribution is -2.33. The average Bonchev–Trinajstić information content (AvgIpc) is 3.23. The number of nitrogens with zero attached hydrogens (tertiary/aromatic N) is 5. The number of carbonyl (C=O) groups excluding carboxylic acids is 1. The number of hydrogen-bond acceptors (Lipinski definition) is 7. The minimum Gasteiger partial charge on any atom is -0.493 e. The molecule has 0 spiro atoms. The molecule has 0 saturated carbocycles. The van der Waals surface area contributed by atoms with E-state index in [2.05, 4.69) is 30.7 Å². The molecule has 0 fully saturated rings. The molecule has 0 aliphatic heterocycles. The van der Waals surface area contributed by atoms with Crippen LogP contribution in [0.15, 0.2) is 36.9 Å². The number of halogens is 3. The summed E-state index contributed by atoms with van der Waals surface area (Å²) in [5.41, 5.74) is -1.59. The summed E-state index contributed by atoms with van der Waals surface area (Å²) >= 11 is 0. The fourth-order valence-corrected chi connectivity index (χ4v) is 2.74. The number of anilines is 1. The minimum atomic E-state index is -4.74. The van der Waals surface area contributed by atoms with Gasteiger partial charge in [-0.1, -0.05) is 0 Å². The Kier molecular flexibility index (Phi) is 6.22. The van der Waals surface area contributed by atoms with E-state index in [9.17, 15) is 18.0 Å². The van der Waals surface area contributed by atoms with Gasteiger partial charge in [-0.3, -0.25) is 0 Å². The Balaban J connectivity index is 1.82. The van der Waals surface area contributed by atoms with Crippen molar-refractivity contribution >= 4 is 11.7 Å². The molecule has 3 aromatic rings. The summed E-state index contributed by atoms with van der Waals surface area (Å²) < 4.78 is 51.7. The summed E-state index contributed by atoms with van der Waals surface area (Å²) in [6, 6.07) is 1.78. The number of carbonyl (C=O) groups is 1. The van der Waals surface area contributed by atoms with Crippen LogP contribution in [-0.4, -0.2) is 45.0 Å². The first-order chi connectivity index (χ1) is 14.7. The van der Waals surface area contributed by atoms with Gasteiger partial charge in [0.15, 0.2) is 17.3 Å². The van der Waals surface area contributed by atoms with Crippen molar-refractivity contribution in [3.63, 3.8) is 0 Å². The number of ether oxygens (including phenoxy) is 2. The first-order valence-electron chi connectivity index (χ1n) is 8.82. The second-order valence-corrected chi connectivity index (χ2v) is 6.15. The van der Waals surface area contributed by atoms with E-state index < -0.39 is 29.5 Å². The molecule has 2 N–H and O–H groups in total. The van der Waals surface area contributed by atoms with Crippen molar-refractivity contribution in [2.75, 3.05) is 19.5 Å². The third kappa shape index (κ3) is 4.82. The van der Waals surface area contributed by atoms with E-state index in [1.165, 1.54) is 37.6 Å². The zero-order valence-electron chi connectivity index (χ0n) is 16.6. The number of hydrogen-bond donors (Lipinski definition) is 2. The van der Waals surface area contributed by atoms with Crippen molar-refractivity contribution in [1.29, 1.82) is 0 Å². The van der Waals surface area contributed by atoms with Gasteiger partial charge in [0.1, 0.15) is 6.33 Å². The van der Waals surface area contributed by atoms with Gasteiger partial charge < -0.3 is 20.1 Å². The molecule has 2 heterocycles. The summed E-state index contributed by atoms with van der Waals surface area (Å²) in [7, 11) is 2.49. The number of rotatable bonds is 6. The Morgan fingerprint density at radius 1 is 1.10 bits per heavy atom. The Hall–Kier alpha value is -3.90. The van der Waals surface area contributed by atoms with E-state index in [0.717, 1.165) is 12.1 Å². The number of urea groups is 1. The van der Waals surface area contributed by atoms with Gasteiger partial charge in [0.05, 0.1) is 31.5 Å². The number of nitrogens with one attached hydrogen (secondary N) is 2. The Labute approximate surface area is 174 Å². The average molecular weight is 437 g/mol. The molecule has 2 amide bonds. The van der Waals surface area contributed by atoms with E-state index in [4.69, 9.17) is 9.47 Å². The zero-order chi connectivity index (χ0) is 22.6. The van der Waals surface area contributed by atoms with Crippen LogP contribution in [0.5, 0.6) is 11.5 Å². The van der Waals surface area contributed by atoms with Crippen LogP contribution in [0, 0.1) is 0 Å². The molecular formula is C18H18F3N7O3. The van der Waals surface area contributed by atoms with Gasteiger partial charge in [-0.05, 0) is 19.1 Å².